The van der Waals surface area contributed by atoms with Crippen molar-refractivity contribution in [2.45, 2.75) is 33.4 Å². The van der Waals surface area contributed by atoms with Crippen molar-refractivity contribution in [3.63, 3.8) is 0 Å². The molecule has 0 saturated carbocycles. The number of hydrogen-bond acceptors (Lipinski definition) is 1. The summed E-state index contributed by atoms with van der Waals surface area (Å²) >= 11 is 0. The maximum absolute atomic E-state index is 12.3. The average molecular weight is 371 g/mol. The summed E-state index contributed by atoms with van der Waals surface area (Å²) in [5, 5.41) is 0. The van der Waals surface area contributed by atoms with Gasteiger partial charge in [-0.2, -0.15) is 4.68 Å². The van der Waals surface area contributed by atoms with Crippen LogP contribution in [0.2, 0.25) is 0 Å². The Hall–Kier alpha value is -1.31. The molecule has 1 aromatic carbocycles. The second-order valence-electron chi connectivity index (χ2n) is 5.22. The van der Waals surface area contributed by atoms with Crippen LogP contribution in [0, 0.1) is 20.4 Å². The Bertz CT molecular complexity index is 665. The zero-order valence-corrected chi connectivity index (χ0v) is 16.0. The molecule has 111 valence electrons. The van der Waals surface area contributed by atoms with E-state index in [0.717, 1.165) is 16.7 Å². The summed E-state index contributed by atoms with van der Waals surface area (Å²) in [6.45, 7) is 12.3. The van der Waals surface area contributed by atoms with Crippen molar-refractivity contribution < 1.29 is 42.2 Å². The predicted molar refractivity (Wildman–Crippen MR) is 80.7 cm³/mol. The van der Waals surface area contributed by atoms with Crippen LogP contribution in [-0.2, 0) is 57.0 Å². The van der Waals surface area contributed by atoms with Crippen LogP contribution < -0.4 is 4.68 Å². The van der Waals surface area contributed by atoms with Gasteiger partial charge in [0.2, 0.25) is 18.9 Å². The number of ketones is 1. The molecule has 0 N–H and O–H groups in total. The maximum Gasteiger partial charge on any atom is 0.237 e. The Balaban J connectivity index is 0.00000242. The van der Waals surface area contributed by atoms with Gasteiger partial charge in [-0.15, -0.1) is 4.68 Å². The summed E-state index contributed by atoms with van der Waals surface area (Å²) in [6.07, 6.45) is 4.24. The molecule has 5 heteroatoms. The van der Waals surface area contributed by atoms with Gasteiger partial charge in [-0.1, -0.05) is 18.2 Å². The fraction of sp³-hybridized carbons (Fsp3) is 0.353. The van der Waals surface area contributed by atoms with E-state index in [-0.39, 0.29) is 38.5 Å². The molecule has 1 aromatic heterocycles. The van der Waals surface area contributed by atoms with Gasteiger partial charge >= 0.3 is 0 Å². The van der Waals surface area contributed by atoms with E-state index in [2.05, 4.69) is 4.85 Å². The van der Waals surface area contributed by atoms with Gasteiger partial charge < -0.3 is 4.85 Å². The normalized spacial score (nSPS) is 9.86. The SMILES string of the molecule is [C-]#[N+]CCn1ccc[n+]1CC(=O)Cc1c(C)cccc1C.[Y]. The Morgan fingerprint density at radius 2 is 1.95 bits per heavy atom. The smallest absolute Gasteiger partial charge is 0.237 e. The molecular formula is C17H20N3OY+. The first kappa shape index (κ1) is 18.7. The van der Waals surface area contributed by atoms with Crippen molar-refractivity contribution in [3.05, 3.63) is 64.8 Å². The van der Waals surface area contributed by atoms with E-state index in [1.54, 1.807) is 0 Å². The number of carbonyl (C=O) groups is 1. The van der Waals surface area contributed by atoms with Gasteiger partial charge in [0.15, 0.2) is 6.20 Å². The van der Waals surface area contributed by atoms with Crippen LogP contribution >= 0.6 is 0 Å². The van der Waals surface area contributed by atoms with Gasteiger partial charge in [0.25, 0.3) is 0 Å². The van der Waals surface area contributed by atoms with Crippen LogP contribution in [0.25, 0.3) is 4.85 Å². The third-order valence-corrected chi connectivity index (χ3v) is 3.64. The predicted octanol–water partition coefficient (Wildman–Crippen LogP) is 2.12. The minimum atomic E-state index is 0. The summed E-state index contributed by atoms with van der Waals surface area (Å²) in [7, 11) is 0. The molecule has 2 aromatic rings. The average Bonchev–Trinajstić information content (AvgIpc) is 2.88. The van der Waals surface area contributed by atoms with E-state index in [1.165, 1.54) is 0 Å². The summed E-state index contributed by atoms with van der Waals surface area (Å²) in [5.74, 6) is 0.181. The number of carbonyl (C=O) groups excluding carboxylic acids is 1. The quantitative estimate of drug-likeness (QED) is 0.565. The number of rotatable bonds is 6. The molecule has 2 rings (SSSR count). The van der Waals surface area contributed by atoms with Crippen molar-refractivity contribution in [2.24, 2.45) is 0 Å². The molecule has 0 amide bonds. The summed E-state index contributed by atoms with van der Waals surface area (Å²) < 4.78 is 3.79. The fourth-order valence-corrected chi connectivity index (χ4v) is 2.47. The molecular weight excluding hydrogens is 351 g/mol. The van der Waals surface area contributed by atoms with Crippen molar-refractivity contribution in [2.75, 3.05) is 6.54 Å². The van der Waals surface area contributed by atoms with E-state index < -0.39 is 0 Å². The van der Waals surface area contributed by atoms with E-state index in [1.807, 2.05) is 59.9 Å². The molecule has 0 spiro atoms. The van der Waals surface area contributed by atoms with Gasteiger partial charge in [-0.3, -0.25) is 4.79 Å². The van der Waals surface area contributed by atoms with E-state index in [0.29, 0.717) is 26.1 Å². The topological polar surface area (TPSA) is 30.2 Å². The Labute approximate surface area is 156 Å². The Kier molecular flexibility index (Phi) is 7.64. The van der Waals surface area contributed by atoms with Crippen molar-refractivity contribution in [1.29, 1.82) is 0 Å². The summed E-state index contributed by atoms with van der Waals surface area (Å²) in [4.78, 5) is 15.7. The second kappa shape index (κ2) is 8.97. The standard InChI is InChI=1S/C17H20N3O.Y/c1-14-6-4-7-15(2)17(14)12-16(21)13-20-10-5-9-19(20)11-8-18-3;/h4-7,9-10H,8,11-13H2,1-2H3;/q+1;. The minimum absolute atomic E-state index is 0. The molecule has 0 aliphatic heterocycles. The number of Topliss-reactive ketones (excluding diaryl/α,β-unsaturated/α-hetero) is 1. The van der Waals surface area contributed by atoms with Crippen molar-refractivity contribution in [1.82, 2.24) is 4.68 Å². The molecule has 0 bridgehead atoms. The molecule has 1 heterocycles. The first-order chi connectivity index (χ1) is 10.1. The maximum atomic E-state index is 12.3. The van der Waals surface area contributed by atoms with Gasteiger partial charge in [0, 0.05) is 45.2 Å². The van der Waals surface area contributed by atoms with Crippen LogP contribution in [-0.4, -0.2) is 17.0 Å². The third kappa shape index (κ3) is 4.86. The van der Waals surface area contributed by atoms with Gasteiger partial charge in [-0.25, -0.2) is 6.57 Å². The minimum Gasteiger partial charge on any atom is -0.315 e. The number of aromatic nitrogens is 2. The second-order valence-corrected chi connectivity index (χ2v) is 5.22. The third-order valence-electron chi connectivity index (χ3n) is 3.64. The molecule has 0 aliphatic carbocycles. The first-order valence-electron chi connectivity index (χ1n) is 7.06. The fourth-order valence-electron chi connectivity index (χ4n) is 2.47. The molecule has 22 heavy (non-hydrogen) atoms. The van der Waals surface area contributed by atoms with Crippen LogP contribution in [0.1, 0.15) is 16.7 Å². The zero-order chi connectivity index (χ0) is 15.2. The first-order valence-corrected chi connectivity index (χ1v) is 7.06. The van der Waals surface area contributed by atoms with E-state index >= 15 is 0 Å². The zero-order valence-electron chi connectivity index (χ0n) is 13.1. The molecule has 0 atom stereocenters. The van der Waals surface area contributed by atoms with Crippen molar-refractivity contribution in [3.8, 4) is 0 Å². The van der Waals surface area contributed by atoms with E-state index in [9.17, 15) is 4.79 Å². The van der Waals surface area contributed by atoms with Gasteiger partial charge in [0.1, 0.15) is 6.54 Å². The number of benzene rings is 1. The van der Waals surface area contributed by atoms with Gasteiger partial charge in [-0.05, 0) is 30.5 Å². The van der Waals surface area contributed by atoms with Crippen molar-refractivity contribution >= 4 is 5.78 Å². The Morgan fingerprint density at radius 1 is 1.27 bits per heavy atom. The van der Waals surface area contributed by atoms with Crippen LogP contribution in [0.3, 0.4) is 0 Å². The molecule has 0 aliphatic rings. The number of nitrogens with zero attached hydrogens (tertiary/aromatic N) is 3. The molecule has 0 unspecified atom stereocenters. The van der Waals surface area contributed by atoms with E-state index in [4.69, 9.17) is 6.57 Å². The Morgan fingerprint density at radius 3 is 2.59 bits per heavy atom. The van der Waals surface area contributed by atoms with Crippen LogP contribution in [0.5, 0.6) is 0 Å². The van der Waals surface area contributed by atoms with Crippen LogP contribution in [0.15, 0.2) is 36.7 Å². The number of hydrogen-bond donors (Lipinski definition) is 0. The molecule has 4 nitrogen and oxygen atoms in total. The summed E-state index contributed by atoms with van der Waals surface area (Å²) in [6, 6.07) is 8.00. The van der Waals surface area contributed by atoms with Gasteiger partial charge in [0.05, 0.1) is 6.20 Å². The monoisotopic (exact) mass is 371 g/mol. The molecule has 0 fully saturated rings. The largest absolute Gasteiger partial charge is 0.315 e. The molecule has 1 radical (unpaired) electrons. The summed E-state index contributed by atoms with van der Waals surface area (Å²) in [5.41, 5.74) is 3.45. The molecule has 0 saturated heterocycles. The number of aryl methyl sites for hydroxylation is 2. The van der Waals surface area contributed by atoms with Crippen LogP contribution in [0.4, 0.5) is 0 Å².